The molecule has 0 saturated carbocycles. The Hall–Kier alpha value is -3.82. The third kappa shape index (κ3) is 3.57. The summed E-state index contributed by atoms with van der Waals surface area (Å²) in [6, 6.07) is 38.7. The zero-order chi connectivity index (χ0) is 21.8. The van der Waals surface area contributed by atoms with Crippen molar-refractivity contribution in [3.63, 3.8) is 0 Å². The highest BCUT2D eigenvalue weighted by Gasteiger charge is 2.36. The molecule has 32 heavy (non-hydrogen) atoms. The topological polar surface area (TPSA) is 25.0 Å². The van der Waals surface area contributed by atoms with Gasteiger partial charge in [0.25, 0.3) is 0 Å². The predicted molar refractivity (Wildman–Crippen MR) is 134 cm³/mol. The number of fused-ring (bicyclic) bond motifs is 1. The zero-order valence-corrected chi connectivity index (χ0v) is 18.2. The van der Waals surface area contributed by atoms with Crippen LogP contribution in [-0.4, -0.2) is 18.6 Å². The Morgan fingerprint density at radius 2 is 1.22 bits per heavy atom. The summed E-state index contributed by atoms with van der Waals surface area (Å²) in [7, 11) is 1.72. The predicted octanol–water partition coefficient (Wildman–Crippen LogP) is 7.39. The number of aromatic nitrogens is 1. The van der Waals surface area contributed by atoms with Gasteiger partial charge in [-0.3, -0.25) is 0 Å². The number of H-pyrrole nitrogens is 1. The van der Waals surface area contributed by atoms with Gasteiger partial charge in [0, 0.05) is 23.5 Å². The Morgan fingerprint density at radius 1 is 0.688 bits per heavy atom. The van der Waals surface area contributed by atoms with Crippen LogP contribution >= 0.6 is 0 Å². The third-order valence-corrected chi connectivity index (χ3v) is 6.28. The van der Waals surface area contributed by atoms with Gasteiger partial charge in [0.15, 0.2) is 0 Å². The van der Waals surface area contributed by atoms with Crippen molar-refractivity contribution in [2.45, 2.75) is 6.42 Å². The molecule has 5 aromatic rings. The molecule has 0 amide bonds. The minimum atomic E-state index is 0.652. The van der Waals surface area contributed by atoms with Crippen LogP contribution in [-0.2, 0) is 6.42 Å². The molecule has 0 unspecified atom stereocenters. The molecule has 0 fully saturated rings. The molecule has 5 rings (SSSR count). The summed E-state index contributed by atoms with van der Waals surface area (Å²) < 4.78 is 6.13. The molecule has 0 aliphatic heterocycles. The van der Waals surface area contributed by atoms with Gasteiger partial charge in [-0.25, -0.2) is 4.48 Å². The minimum Gasteiger partial charge on any atom is -0.497 e. The van der Waals surface area contributed by atoms with E-state index in [1.54, 1.807) is 7.11 Å². The molecule has 0 aliphatic rings. The Kier molecular flexibility index (Phi) is 5.49. The number of hydrogen-bond donors (Lipinski definition) is 1. The van der Waals surface area contributed by atoms with Crippen LogP contribution < -0.4 is 9.22 Å². The Bertz CT molecular complexity index is 1200. The first kappa shape index (κ1) is 20.1. The first-order valence-electron chi connectivity index (χ1n) is 11.0. The molecule has 0 spiro atoms. The van der Waals surface area contributed by atoms with Gasteiger partial charge < -0.3 is 9.72 Å². The molecule has 0 atom stereocenters. The van der Waals surface area contributed by atoms with Gasteiger partial charge >= 0.3 is 0 Å². The van der Waals surface area contributed by atoms with E-state index >= 15 is 0 Å². The van der Waals surface area contributed by atoms with Crippen molar-refractivity contribution >= 4 is 28.0 Å². The number of aromatic amines is 1. The lowest BCUT2D eigenvalue weighted by Gasteiger charge is -2.37. The molecule has 1 heterocycles. The molecule has 0 bridgehead atoms. The highest BCUT2D eigenvalue weighted by molar-refractivity contribution is 5.85. The highest BCUT2D eigenvalue weighted by atomic mass is 16.5. The van der Waals surface area contributed by atoms with Crippen LogP contribution in [0.15, 0.2) is 115 Å². The van der Waals surface area contributed by atoms with Crippen LogP contribution in [0.5, 0.6) is 5.75 Å². The fraction of sp³-hybridized carbons (Fsp3) is 0.103. The average molecular weight is 420 g/mol. The number of para-hydroxylation sites is 3. The average Bonchev–Trinajstić information content (AvgIpc) is 3.28. The minimum absolute atomic E-state index is 0.652. The first-order valence-corrected chi connectivity index (χ1v) is 11.0. The lowest BCUT2D eigenvalue weighted by Crippen LogP contribution is -2.40. The molecule has 1 aromatic heterocycles. The van der Waals surface area contributed by atoms with Crippen molar-refractivity contribution in [2.24, 2.45) is 0 Å². The lowest BCUT2D eigenvalue weighted by molar-refractivity contribution is 0.415. The van der Waals surface area contributed by atoms with Gasteiger partial charge in [0.05, 0.1) is 13.7 Å². The van der Waals surface area contributed by atoms with E-state index in [1.807, 2.05) is 6.07 Å². The van der Waals surface area contributed by atoms with E-state index in [0.29, 0.717) is 4.48 Å². The van der Waals surface area contributed by atoms with Gasteiger partial charge in [0.1, 0.15) is 22.8 Å². The number of nitrogens with zero attached hydrogens (tertiary/aromatic N) is 1. The molecule has 4 aromatic carbocycles. The summed E-state index contributed by atoms with van der Waals surface area (Å²) in [6.07, 6.45) is 3.05. The zero-order valence-electron chi connectivity index (χ0n) is 18.2. The number of nitrogens with one attached hydrogen (secondary N) is 1. The molecule has 158 valence electrons. The van der Waals surface area contributed by atoms with Crippen molar-refractivity contribution < 1.29 is 4.74 Å². The third-order valence-electron chi connectivity index (χ3n) is 6.28. The second kappa shape index (κ2) is 8.74. The number of benzene rings is 4. The molecule has 3 heteroatoms. The maximum atomic E-state index is 5.48. The highest BCUT2D eigenvalue weighted by Crippen LogP contribution is 2.44. The van der Waals surface area contributed by atoms with Crippen LogP contribution in [0, 0.1) is 0 Å². The molecule has 0 radical (unpaired) electrons. The SMILES string of the molecule is COc1ccc2[nH]cc(CC[N+](c3ccccc3)(c3ccccc3)c3ccccc3)c2c1. The van der Waals surface area contributed by atoms with Gasteiger partial charge in [-0.2, -0.15) is 0 Å². The molecular weight excluding hydrogens is 392 g/mol. The van der Waals surface area contributed by atoms with Crippen LogP contribution in [0.1, 0.15) is 5.56 Å². The Morgan fingerprint density at radius 3 is 1.72 bits per heavy atom. The second-order valence-corrected chi connectivity index (χ2v) is 8.02. The summed E-state index contributed by atoms with van der Waals surface area (Å²) in [6.45, 7) is 0.891. The molecular formula is C29H27N2O+. The van der Waals surface area contributed by atoms with Crippen molar-refractivity contribution in [2.75, 3.05) is 13.7 Å². The summed E-state index contributed by atoms with van der Waals surface area (Å²) in [5.41, 5.74) is 6.19. The quantitative estimate of drug-likeness (QED) is 0.273. The number of quaternary nitrogens is 1. The summed E-state index contributed by atoms with van der Waals surface area (Å²) in [5, 5.41) is 1.22. The molecule has 1 N–H and O–H groups in total. The van der Waals surface area contributed by atoms with Gasteiger partial charge in [-0.05, 0) is 60.2 Å². The Labute approximate surface area is 189 Å². The van der Waals surface area contributed by atoms with E-state index in [2.05, 4.69) is 114 Å². The number of ether oxygens (including phenoxy) is 1. The maximum absolute atomic E-state index is 5.48. The fourth-order valence-electron chi connectivity index (χ4n) is 4.66. The lowest BCUT2D eigenvalue weighted by atomic mass is 10.0. The van der Waals surface area contributed by atoms with E-state index in [0.717, 1.165) is 24.2 Å². The van der Waals surface area contributed by atoms with Crippen LogP contribution in [0.3, 0.4) is 0 Å². The normalized spacial score (nSPS) is 11.5. The first-order chi connectivity index (χ1) is 15.8. The number of methoxy groups -OCH3 is 1. The van der Waals surface area contributed by atoms with Crippen molar-refractivity contribution in [3.8, 4) is 5.75 Å². The molecule has 0 saturated heterocycles. The standard InChI is InChI=1S/C29H27N2O/c1-32-27-17-18-29-28(21-27)23(22-30-29)19-20-31(24-11-5-2-6-12-24,25-13-7-3-8-14-25)26-15-9-4-10-16-26/h2-18,21-22,30H,19-20H2,1H3/q+1. The summed E-state index contributed by atoms with van der Waals surface area (Å²) in [4.78, 5) is 3.43. The second-order valence-electron chi connectivity index (χ2n) is 8.02. The van der Waals surface area contributed by atoms with E-state index in [9.17, 15) is 0 Å². The number of hydrogen-bond acceptors (Lipinski definition) is 1. The van der Waals surface area contributed by atoms with Crippen molar-refractivity contribution in [3.05, 3.63) is 121 Å². The van der Waals surface area contributed by atoms with Crippen LogP contribution in [0.2, 0.25) is 0 Å². The summed E-state index contributed by atoms with van der Waals surface area (Å²) >= 11 is 0. The van der Waals surface area contributed by atoms with Gasteiger partial charge in [0.2, 0.25) is 0 Å². The fourth-order valence-corrected chi connectivity index (χ4v) is 4.66. The largest absolute Gasteiger partial charge is 0.497 e. The monoisotopic (exact) mass is 419 g/mol. The van der Waals surface area contributed by atoms with Gasteiger partial charge in [-0.1, -0.05) is 54.6 Å². The Balaban J connectivity index is 1.65. The molecule has 3 nitrogen and oxygen atoms in total. The van der Waals surface area contributed by atoms with Gasteiger partial charge in [-0.15, -0.1) is 0 Å². The maximum Gasteiger partial charge on any atom is 0.143 e. The van der Waals surface area contributed by atoms with E-state index in [1.165, 1.54) is 28.0 Å². The smallest absolute Gasteiger partial charge is 0.143 e. The van der Waals surface area contributed by atoms with E-state index in [4.69, 9.17) is 4.74 Å². The van der Waals surface area contributed by atoms with E-state index in [-0.39, 0.29) is 0 Å². The van der Waals surface area contributed by atoms with Crippen molar-refractivity contribution in [1.82, 2.24) is 9.47 Å². The summed E-state index contributed by atoms with van der Waals surface area (Å²) in [5.74, 6) is 0.883. The van der Waals surface area contributed by atoms with Crippen molar-refractivity contribution in [1.29, 1.82) is 0 Å². The van der Waals surface area contributed by atoms with E-state index < -0.39 is 0 Å². The number of rotatable bonds is 7. The van der Waals surface area contributed by atoms with Crippen LogP contribution in [0.4, 0.5) is 17.1 Å². The molecule has 0 aliphatic carbocycles. The van der Waals surface area contributed by atoms with Crippen LogP contribution in [0.25, 0.3) is 10.9 Å².